The molecule has 3 nitrogen and oxygen atoms in total. The molecule has 72 valence electrons. The normalized spacial score (nSPS) is 19.5. The summed E-state index contributed by atoms with van der Waals surface area (Å²) in [6.45, 7) is 1.37. The van der Waals surface area contributed by atoms with E-state index in [1.54, 1.807) is 12.1 Å². The van der Waals surface area contributed by atoms with Crippen LogP contribution in [-0.4, -0.2) is 19.3 Å². The van der Waals surface area contributed by atoms with Gasteiger partial charge in [-0.3, -0.25) is 0 Å². The third-order valence-corrected chi connectivity index (χ3v) is 2.23. The van der Waals surface area contributed by atoms with Crippen molar-refractivity contribution in [3.63, 3.8) is 0 Å². The molecule has 0 N–H and O–H groups in total. The van der Waals surface area contributed by atoms with Crippen LogP contribution in [0.1, 0.15) is 12.0 Å². The lowest BCUT2D eigenvalue weighted by atomic mass is 10.2. The zero-order valence-electron chi connectivity index (χ0n) is 7.77. The fourth-order valence-corrected chi connectivity index (χ4v) is 1.28. The van der Waals surface area contributed by atoms with Crippen LogP contribution in [-0.2, 0) is 4.74 Å². The highest BCUT2D eigenvalue weighted by Crippen LogP contribution is 2.19. The quantitative estimate of drug-likeness (QED) is 0.727. The van der Waals surface area contributed by atoms with Crippen LogP contribution in [0.25, 0.3) is 0 Å². The van der Waals surface area contributed by atoms with Gasteiger partial charge >= 0.3 is 0 Å². The second kappa shape index (κ2) is 4.12. The standard InChI is InChI=1S/C11H11NO2/c12-7-9-3-1-2-4-11(9)14-8-10-5-6-13-10/h1-4,10H,5-6,8H2. The molecule has 0 bridgehead atoms. The van der Waals surface area contributed by atoms with E-state index < -0.39 is 0 Å². The van der Waals surface area contributed by atoms with E-state index in [9.17, 15) is 0 Å². The molecule has 0 aliphatic carbocycles. The fraction of sp³-hybridized carbons (Fsp3) is 0.364. The average molecular weight is 189 g/mol. The second-order valence-electron chi connectivity index (χ2n) is 3.20. The maximum atomic E-state index is 8.79. The van der Waals surface area contributed by atoms with Gasteiger partial charge in [0.25, 0.3) is 0 Å². The Hall–Kier alpha value is -1.53. The van der Waals surface area contributed by atoms with E-state index in [2.05, 4.69) is 6.07 Å². The number of benzene rings is 1. The summed E-state index contributed by atoms with van der Waals surface area (Å²) in [5.74, 6) is 0.644. The van der Waals surface area contributed by atoms with Gasteiger partial charge in [0.2, 0.25) is 0 Å². The summed E-state index contributed by atoms with van der Waals surface area (Å²) in [6.07, 6.45) is 1.26. The molecule has 0 radical (unpaired) electrons. The zero-order chi connectivity index (χ0) is 9.80. The first-order valence-electron chi connectivity index (χ1n) is 4.63. The van der Waals surface area contributed by atoms with Crippen molar-refractivity contribution < 1.29 is 9.47 Å². The van der Waals surface area contributed by atoms with Crippen molar-refractivity contribution in [2.45, 2.75) is 12.5 Å². The van der Waals surface area contributed by atoms with Crippen LogP contribution >= 0.6 is 0 Å². The number of hydrogen-bond donors (Lipinski definition) is 0. The molecule has 1 aromatic rings. The third-order valence-electron chi connectivity index (χ3n) is 2.23. The minimum Gasteiger partial charge on any atom is -0.489 e. The molecule has 1 unspecified atom stereocenters. The van der Waals surface area contributed by atoms with Gasteiger partial charge in [0.05, 0.1) is 11.7 Å². The summed E-state index contributed by atoms with van der Waals surface area (Å²) in [5.41, 5.74) is 0.576. The van der Waals surface area contributed by atoms with Crippen molar-refractivity contribution in [1.29, 1.82) is 5.26 Å². The van der Waals surface area contributed by atoms with E-state index in [4.69, 9.17) is 14.7 Å². The van der Waals surface area contributed by atoms with Crippen molar-refractivity contribution in [2.75, 3.05) is 13.2 Å². The highest BCUT2D eigenvalue weighted by molar-refractivity contribution is 5.42. The van der Waals surface area contributed by atoms with Gasteiger partial charge in [-0.1, -0.05) is 12.1 Å². The van der Waals surface area contributed by atoms with Gasteiger partial charge in [-0.25, -0.2) is 0 Å². The molecule has 0 amide bonds. The summed E-state index contributed by atoms with van der Waals surface area (Å²) in [7, 11) is 0. The van der Waals surface area contributed by atoms with Gasteiger partial charge in [0.1, 0.15) is 18.4 Å². The first-order valence-corrected chi connectivity index (χ1v) is 4.63. The Kier molecular flexibility index (Phi) is 2.66. The topological polar surface area (TPSA) is 42.2 Å². The van der Waals surface area contributed by atoms with Crippen LogP contribution in [0.5, 0.6) is 5.75 Å². The van der Waals surface area contributed by atoms with Gasteiger partial charge < -0.3 is 9.47 Å². The van der Waals surface area contributed by atoms with Gasteiger partial charge in [-0.2, -0.15) is 5.26 Å². The van der Waals surface area contributed by atoms with Gasteiger partial charge in [0, 0.05) is 13.0 Å². The number of nitrogens with zero attached hydrogens (tertiary/aromatic N) is 1. The molecule has 1 atom stereocenters. The largest absolute Gasteiger partial charge is 0.489 e. The second-order valence-corrected chi connectivity index (χ2v) is 3.20. The highest BCUT2D eigenvalue weighted by Gasteiger charge is 2.18. The smallest absolute Gasteiger partial charge is 0.137 e. The molecule has 1 aliphatic heterocycles. The van der Waals surface area contributed by atoms with Crippen LogP contribution < -0.4 is 4.74 Å². The summed E-state index contributed by atoms with van der Waals surface area (Å²) in [4.78, 5) is 0. The minimum absolute atomic E-state index is 0.210. The molecule has 1 heterocycles. The maximum Gasteiger partial charge on any atom is 0.137 e. The molecule has 1 saturated heterocycles. The number of ether oxygens (including phenoxy) is 2. The summed E-state index contributed by atoms with van der Waals surface area (Å²) in [6, 6.07) is 9.32. The summed E-state index contributed by atoms with van der Waals surface area (Å²) >= 11 is 0. The predicted octanol–water partition coefficient (Wildman–Crippen LogP) is 1.73. The van der Waals surface area contributed by atoms with Crippen LogP contribution in [0, 0.1) is 11.3 Å². The van der Waals surface area contributed by atoms with Gasteiger partial charge in [0.15, 0.2) is 0 Å². The molecule has 0 aromatic heterocycles. The SMILES string of the molecule is N#Cc1ccccc1OCC1CCO1. The first kappa shape index (κ1) is 9.04. The van der Waals surface area contributed by atoms with Crippen molar-refractivity contribution in [3.8, 4) is 11.8 Å². The van der Waals surface area contributed by atoms with Crippen molar-refractivity contribution >= 4 is 0 Å². The molecule has 0 saturated carbocycles. The molecular formula is C11H11NO2. The van der Waals surface area contributed by atoms with E-state index in [0.717, 1.165) is 13.0 Å². The zero-order valence-corrected chi connectivity index (χ0v) is 7.77. The van der Waals surface area contributed by atoms with Crippen LogP contribution in [0.3, 0.4) is 0 Å². The Labute approximate surface area is 82.9 Å². The van der Waals surface area contributed by atoms with E-state index in [1.165, 1.54) is 0 Å². The van der Waals surface area contributed by atoms with Crippen molar-refractivity contribution in [1.82, 2.24) is 0 Å². The highest BCUT2D eigenvalue weighted by atomic mass is 16.5. The van der Waals surface area contributed by atoms with E-state index >= 15 is 0 Å². The van der Waals surface area contributed by atoms with E-state index in [-0.39, 0.29) is 6.10 Å². The van der Waals surface area contributed by atoms with E-state index in [1.807, 2.05) is 12.1 Å². The Morgan fingerprint density at radius 1 is 1.50 bits per heavy atom. The maximum absolute atomic E-state index is 8.79. The average Bonchev–Trinajstić information content (AvgIpc) is 2.16. The lowest BCUT2D eigenvalue weighted by molar-refractivity contribution is -0.0721. The van der Waals surface area contributed by atoms with Crippen LogP contribution in [0.2, 0.25) is 0 Å². The molecule has 0 spiro atoms. The lowest BCUT2D eigenvalue weighted by Gasteiger charge is -2.26. The summed E-state index contributed by atoms with van der Waals surface area (Å²) < 4.78 is 10.7. The number of rotatable bonds is 3. The Bertz CT molecular complexity index is 353. The van der Waals surface area contributed by atoms with Gasteiger partial charge in [-0.05, 0) is 12.1 Å². The Morgan fingerprint density at radius 3 is 2.93 bits per heavy atom. The van der Waals surface area contributed by atoms with Gasteiger partial charge in [-0.15, -0.1) is 0 Å². The monoisotopic (exact) mass is 189 g/mol. The predicted molar refractivity (Wildman–Crippen MR) is 51.0 cm³/mol. The lowest BCUT2D eigenvalue weighted by Crippen LogP contribution is -2.32. The third kappa shape index (κ3) is 1.86. The Balaban J connectivity index is 1.97. The molecule has 14 heavy (non-hydrogen) atoms. The number of nitriles is 1. The van der Waals surface area contributed by atoms with Crippen molar-refractivity contribution in [2.24, 2.45) is 0 Å². The summed E-state index contributed by atoms with van der Waals surface area (Å²) in [5, 5.41) is 8.79. The fourth-order valence-electron chi connectivity index (χ4n) is 1.28. The molecule has 1 aliphatic rings. The number of para-hydroxylation sites is 1. The van der Waals surface area contributed by atoms with Crippen LogP contribution in [0.15, 0.2) is 24.3 Å². The molecule has 1 fully saturated rings. The first-order chi connectivity index (χ1) is 6.90. The molecule has 1 aromatic carbocycles. The van der Waals surface area contributed by atoms with Crippen LogP contribution in [0.4, 0.5) is 0 Å². The molecule has 2 rings (SSSR count). The van der Waals surface area contributed by atoms with E-state index in [0.29, 0.717) is 17.9 Å². The number of hydrogen-bond acceptors (Lipinski definition) is 3. The minimum atomic E-state index is 0.210. The van der Waals surface area contributed by atoms with Crippen molar-refractivity contribution in [3.05, 3.63) is 29.8 Å². The molecule has 3 heteroatoms. The Morgan fingerprint density at radius 2 is 2.29 bits per heavy atom. The molecular weight excluding hydrogens is 178 g/mol.